The van der Waals surface area contributed by atoms with Crippen LogP contribution in [0.3, 0.4) is 0 Å². The number of rotatable bonds is 7. The first kappa shape index (κ1) is 17.8. The highest BCUT2D eigenvalue weighted by Crippen LogP contribution is 2.34. The molecule has 0 radical (unpaired) electrons. The molecule has 5 nitrogen and oxygen atoms in total. The number of alkyl halides is 2. The molecule has 1 saturated carbocycles. The molecule has 1 aromatic carbocycles. The topological polar surface area (TPSA) is 96.0 Å². The Morgan fingerprint density at radius 2 is 2.04 bits per heavy atom. The van der Waals surface area contributed by atoms with Gasteiger partial charge in [-0.05, 0) is 24.5 Å². The molecule has 24 heavy (non-hydrogen) atoms. The zero-order chi connectivity index (χ0) is 18.0. The summed E-state index contributed by atoms with van der Waals surface area (Å²) in [5, 5.41) is 11.3. The number of carbonyl (C=O) groups is 2. The fourth-order valence-corrected chi connectivity index (χ4v) is 2.29. The van der Waals surface area contributed by atoms with E-state index in [4.69, 9.17) is 11.0 Å². The van der Waals surface area contributed by atoms with Crippen molar-refractivity contribution < 1.29 is 22.8 Å². The van der Waals surface area contributed by atoms with Gasteiger partial charge in [0.05, 0.1) is 11.6 Å². The summed E-state index contributed by atoms with van der Waals surface area (Å²) in [4.78, 5) is 22.7. The Morgan fingerprint density at radius 1 is 1.38 bits per heavy atom. The van der Waals surface area contributed by atoms with Gasteiger partial charge in [-0.3, -0.25) is 9.59 Å². The van der Waals surface area contributed by atoms with Crippen LogP contribution >= 0.6 is 0 Å². The maximum Gasteiger partial charge on any atom is 0.252 e. The largest absolute Gasteiger partial charge is 0.366 e. The summed E-state index contributed by atoms with van der Waals surface area (Å²) in [7, 11) is 0. The summed E-state index contributed by atoms with van der Waals surface area (Å²) in [6, 6.07) is 5.46. The van der Waals surface area contributed by atoms with Gasteiger partial charge >= 0.3 is 0 Å². The van der Waals surface area contributed by atoms with Crippen molar-refractivity contribution in [2.45, 2.75) is 43.6 Å². The predicted molar refractivity (Wildman–Crippen MR) is 78.5 cm³/mol. The summed E-state index contributed by atoms with van der Waals surface area (Å²) in [5.74, 6) is -6.09. The van der Waals surface area contributed by atoms with Crippen LogP contribution in [0.4, 0.5) is 13.2 Å². The molecule has 0 atom stereocenters. The molecule has 0 spiro atoms. The summed E-state index contributed by atoms with van der Waals surface area (Å²) in [6.07, 6.45) is -1.20. The van der Waals surface area contributed by atoms with E-state index in [2.05, 4.69) is 5.32 Å². The molecular weight excluding hydrogens is 323 g/mol. The minimum absolute atomic E-state index is 0.340. The van der Waals surface area contributed by atoms with Crippen LogP contribution in [0.25, 0.3) is 0 Å². The highest BCUT2D eigenvalue weighted by atomic mass is 19.3. The number of hydrogen-bond donors (Lipinski definition) is 2. The fraction of sp³-hybridized carbons (Fsp3) is 0.438. The number of nitriles is 1. The second-order valence-corrected chi connectivity index (χ2v) is 5.92. The number of halogens is 3. The molecular formula is C16H16F3N3O2. The lowest BCUT2D eigenvalue weighted by Gasteiger charge is -2.18. The number of amides is 2. The quantitative estimate of drug-likeness (QED) is 0.796. The molecule has 0 aromatic heterocycles. The average molecular weight is 339 g/mol. The monoisotopic (exact) mass is 339 g/mol. The Kier molecular flexibility index (Phi) is 4.83. The van der Waals surface area contributed by atoms with Gasteiger partial charge in [-0.1, -0.05) is 12.1 Å². The van der Waals surface area contributed by atoms with Crippen molar-refractivity contribution in [3.63, 3.8) is 0 Å². The average Bonchev–Trinajstić information content (AvgIpc) is 3.27. The SMILES string of the molecule is N#CC1(NC(=O)CCC(F)(F)Cc2cccc(C(N)=O)c2F)CC1. The Balaban J connectivity index is 1.96. The van der Waals surface area contributed by atoms with Gasteiger partial charge in [0.25, 0.3) is 11.8 Å². The second kappa shape index (κ2) is 6.51. The van der Waals surface area contributed by atoms with Crippen molar-refractivity contribution in [1.29, 1.82) is 5.26 Å². The number of primary amides is 1. The molecule has 1 aliphatic rings. The molecule has 2 amide bonds. The van der Waals surface area contributed by atoms with E-state index in [1.54, 1.807) is 0 Å². The van der Waals surface area contributed by atoms with E-state index < -0.39 is 53.9 Å². The van der Waals surface area contributed by atoms with Crippen molar-refractivity contribution in [1.82, 2.24) is 5.32 Å². The van der Waals surface area contributed by atoms with E-state index in [0.29, 0.717) is 12.8 Å². The van der Waals surface area contributed by atoms with Crippen molar-refractivity contribution in [3.8, 4) is 6.07 Å². The first-order chi connectivity index (χ1) is 11.2. The van der Waals surface area contributed by atoms with Crippen molar-refractivity contribution >= 4 is 11.8 Å². The molecule has 1 fully saturated rings. The summed E-state index contributed by atoms with van der Waals surface area (Å²) >= 11 is 0. The lowest BCUT2D eigenvalue weighted by molar-refractivity contribution is -0.123. The number of nitrogens with one attached hydrogen (secondary N) is 1. The normalized spacial score (nSPS) is 15.4. The van der Waals surface area contributed by atoms with Crippen molar-refractivity contribution in [3.05, 3.63) is 35.1 Å². The molecule has 0 unspecified atom stereocenters. The Morgan fingerprint density at radius 3 is 2.58 bits per heavy atom. The van der Waals surface area contributed by atoms with Crippen molar-refractivity contribution in [2.75, 3.05) is 0 Å². The predicted octanol–water partition coefficient (Wildman–Crippen LogP) is 2.05. The summed E-state index contributed by atoms with van der Waals surface area (Å²) in [5.41, 5.74) is 3.28. The molecule has 3 N–H and O–H groups in total. The zero-order valence-corrected chi connectivity index (χ0v) is 12.7. The van der Waals surface area contributed by atoms with E-state index in [1.165, 1.54) is 6.07 Å². The van der Waals surface area contributed by atoms with Crippen LogP contribution < -0.4 is 11.1 Å². The van der Waals surface area contributed by atoms with Gasteiger partial charge in [-0.2, -0.15) is 5.26 Å². The molecule has 0 heterocycles. The highest BCUT2D eigenvalue weighted by Gasteiger charge is 2.44. The fourth-order valence-electron chi connectivity index (χ4n) is 2.29. The Bertz CT molecular complexity index is 709. The van der Waals surface area contributed by atoms with Crippen LogP contribution in [0.15, 0.2) is 18.2 Å². The van der Waals surface area contributed by atoms with Gasteiger partial charge in [-0.25, -0.2) is 13.2 Å². The number of nitrogens with zero attached hydrogens (tertiary/aromatic N) is 1. The number of carbonyl (C=O) groups excluding carboxylic acids is 2. The first-order valence-corrected chi connectivity index (χ1v) is 7.35. The molecule has 1 aliphatic carbocycles. The molecule has 8 heteroatoms. The van der Waals surface area contributed by atoms with Crippen LogP contribution in [0.1, 0.15) is 41.6 Å². The standard InChI is InChI=1S/C16H16F3N3O2/c17-13-10(2-1-3-11(13)14(21)24)8-16(18,19)5-4-12(23)22-15(9-20)6-7-15/h1-3H,4-8H2,(H2,21,24)(H,22,23). The van der Waals surface area contributed by atoms with E-state index in [-0.39, 0.29) is 5.56 Å². The molecule has 128 valence electrons. The van der Waals surface area contributed by atoms with Crippen LogP contribution in [-0.4, -0.2) is 23.3 Å². The van der Waals surface area contributed by atoms with E-state index in [1.807, 2.05) is 6.07 Å². The number of benzene rings is 1. The van der Waals surface area contributed by atoms with Gasteiger partial charge in [0.2, 0.25) is 5.91 Å². The molecule has 0 aliphatic heterocycles. The van der Waals surface area contributed by atoms with Gasteiger partial charge in [0.1, 0.15) is 11.4 Å². The molecule has 0 saturated heterocycles. The molecule has 0 bridgehead atoms. The maximum atomic E-state index is 14.0. The van der Waals surface area contributed by atoms with Gasteiger partial charge in [0, 0.05) is 19.3 Å². The molecule has 2 rings (SSSR count). The van der Waals surface area contributed by atoms with Gasteiger partial charge in [-0.15, -0.1) is 0 Å². The second-order valence-electron chi connectivity index (χ2n) is 5.92. The van der Waals surface area contributed by atoms with Gasteiger partial charge in [0.15, 0.2) is 0 Å². The number of hydrogen-bond acceptors (Lipinski definition) is 3. The van der Waals surface area contributed by atoms with Crippen molar-refractivity contribution in [2.24, 2.45) is 5.73 Å². The van der Waals surface area contributed by atoms with Crippen LogP contribution in [0.2, 0.25) is 0 Å². The minimum Gasteiger partial charge on any atom is -0.366 e. The summed E-state index contributed by atoms with van der Waals surface area (Å²) < 4.78 is 41.9. The van der Waals surface area contributed by atoms with Crippen LogP contribution in [0, 0.1) is 17.1 Å². The molecule has 1 aromatic rings. The number of nitrogens with two attached hydrogens (primary N) is 1. The zero-order valence-electron chi connectivity index (χ0n) is 12.7. The maximum absolute atomic E-state index is 14.0. The lowest BCUT2D eigenvalue weighted by atomic mass is 10.00. The highest BCUT2D eigenvalue weighted by molar-refractivity contribution is 5.93. The summed E-state index contributed by atoms with van der Waals surface area (Å²) in [6.45, 7) is 0. The third kappa shape index (κ3) is 4.25. The Hall–Kier alpha value is -2.56. The van der Waals surface area contributed by atoms with Crippen LogP contribution in [0.5, 0.6) is 0 Å². The van der Waals surface area contributed by atoms with E-state index >= 15 is 0 Å². The third-order valence-electron chi connectivity index (χ3n) is 3.85. The smallest absolute Gasteiger partial charge is 0.252 e. The lowest BCUT2D eigenvalue weighted by Crippen LogP contribution is -2.36. The van der Waals surface area contributed by atoms with Crippen LogP contribution in [-0.2, 0) is 11.2 Å². The third-order valence-corrected chi connectivity index (χ3v) is 3.85. The van der Waals surface area contributed by atoms with E-state index in [0.717, 1.165) is 12.1 Å². The first-order valence-electron chi connectivity index (χ1n) is 7.35. The van der Waals surface area contributed by atoms with Gasteiger partial charge < -0.3 is 11.1 Å². The minimum atomic E-state index is -3.34. The van der Waals surface area contributed by atoms with E-state index in [9.17, 15) is 22.8 Å². The Labute approximate surface area is 136 Å².